The van der Waals surface area contributed by atoms with Gasteiger partial charge in [0.15, 0.2) is 0 Å². The van der Waals surface area contributed by atoms with Crippen LogP contribution in [0.15, 0.2) is 0 Å². The summed E-state index contributed by atoms with van der Waals surface area (Å²) in [6.45, 7) is 10.1. The third-order valence-electron chi connectivity index (χ3n) is 2.04. The van der Waals surface area contributed by atoms with E-state index in [2.05, 4.69) is 26.1 Å². The Morgan fingerprint density at radius 2 is 1.86 bits per heavy atom. The largest absolute Gasteiger partial charge is 0.382 e. The monoisotopic (exact) mass is 203 g/mol. The standard InChI is InChI=1S/C11H25NO2/c1-6-11(7-12-9(2)3)14-10(4)8-13-5/h9-12H,6-8H2,1-5H3. The van der Waals surface area contributed by atoms with Crippen LogP contribution in [0, 0.1) is 0 Å². The Morgan fingerprint density at radius 3 is 2.29 bits per heavy atom. The summed E-state index contributed by atoms with van der Waals surface area (Å²) in [5, 5.41) is 3.38. The van der Waals surface area contributed by atoms with Gasteiger partial charge in [-0.3, -0.25) is 0 Å². The third kappa shape index (κ3) is 7.30. The first-order valence-corrected chi connectivity index (χ1v) is 5.47. The molecule has 86 valence electrons. The first-order valence-electron chi connectivity index (χ1n) is 5.47. The average Bonchev–Trinajstić information content (AvgIpc) is 2.12. The molecule has 14 heavy (non-hydrogen) atoms. The summed E-state index contributed by atoms with van der Waals surface area (Å²) >= 11 is 0. The highest BCUT2D eigenvalue weighted by Gasteiger charge is 2.11. The van der Waals surface area contributed by atoms with E-state index < -0.39 is 0 Å². The highest BCUT2D eigenvalue weighted by Crippen LogP contribution is 2.02. The van der Waals surface area contributed by atoms with Crippen molar-refractivity contribution in [3.8, 4) is 0 Å². The molecule has 0 amide bonds. The van der Waals surface area contributed by atoms with E-state index in [0.29, 0.717) is 18.8 Å². The van der Waals surface area contributed by atoms with E-state index in [1.165, 1.54) is 0 Å². The number of hydrogen-bond acceptors (Lipinski definition) is 3. The van der Waals surface area contributed by atoms with E-state index >= 15 is 0 Å². The van der Waals surface area contributed by atoms with Crippen molar-refractivity contribution in [2.75, 3.05) is 20.3 Å². The van der Waals surface area contributed by atoms with Crippen molar-refractivity contribution in [2.24, 2.45) is 0 Å². The quantitative estimate of drug-likeness (QED) is 0.652. The lowest BCUT2D eigenvalue weighted by Gasteiger charge is -2.22. The van der Waals surface area contributed by atoms with Gasteiger partial charge in [-0.05, 0) is 13.3 Å². The van der Waals surface area contributed by atoms with Crippen LogP contribution in [0.1, 0.15) is 34.1 Å². The third-order valence-corrected chi connectivity index (χ3v) is 2.04. The highest BCUT2D eigenvalue weighted by atomic mass is 16.5. The van der Waals surface area contributed by atoms with Crippen LogP contribution in [0.4, 0.5) is 0 Å². The van der Waals surface area contributed by atoms with Gasteiger partial charge in [0.1, 0.15) is 0 Å². The maximum absolute atomic E-state index is 5.80. The molecular weight excluding hydrogens is 178 g/mol. The number of hydrogen-bond donors (Lipinski definition) is 1. The molecule has 0 saturated carbocycles. The van der Waals surface area contributed by atoms with Crippen LogP contribution in [0.2, 0.25) is 0 Å². The van der Waals surface area contributed by atoms with Crippen molar-refractivity contribution >= 4 is 0 Å². The molecule has 0 aliphatic carbocycles. The van der Waals surface area contributed by atoms with E-state index in [9.17, 15) is 0 Å². The van der Waals surface area contributed by atoms with Crippen LogP contribution < -0.4 is 5.32 Å². The van der Waals surface area contributed by atoms with Crippen molar-refractivity contribution in [1.29, 1.82) is 0 Å². The Labute approximate surface area is 88.2 Å². The molecule has 0 heterocycles. The van der Waals surface area contributed by atoms with Gasteiger partial charge < -0.3 is 14.8 Å². The van der Waals surface area contributed by atoms with E-state index in [4.69, 9.17) is 9.47 Å². The van der Waals surface area contributed by atoms with E-state index in [1.54, 1.807) is 7.11 Å². The van der Waals surface area contributed by atoms with Crippen LogP contribution in [0.5, 0.6) is 0 Å². The van der Waals surface area contributed by atoms with Crippen LogP contribution in [-0.2, 0) is 9.47 Å². The van der Waals surface area contributed by atoms with Gasteiger partial charge in [-0.25, -0.2) is 0 Å². The maximum atomic E-state index is 5.80. The zero-order valence-electron chi connectivity index (χ0n) is 10.2. The fourth-order valence-electron chi connectivity index (χ4n) is 1.26. The summed E-state index contributed by atoms with van der Waals surface area (Å²) in [7, 11) is 1.70. The number of rotatable bonds is 8. The lowest BCUT2D eigenvalue weighted by atomic mass is 10.2. The minimum Gasteiger partial charge on any atom is -0.382 e. The fraction of sp³-hybridized carbons (Fsp3) is 1.00. The molecule has 0 radical (unpaired) electrons. The van der Waals surface area contributed by atoms with Crippen molar-refractivity contribution in [2.45, 2.75) is 52.4 Å². The van der Waals surface area contributed by atoms with Gasteiger partial charge in [0.25, 0.3) is 0 Å². The lowest BCUT2D eigenvalue weighted by Crippen LogP contribution is -2.35. The topological polar surface area (TPSA) is 30.5 Å². The van der Waals surface area contributed by atoms with Crippen LogP contribution in [0.25, 0.3) is 0 Å². The van der Waals surface area contributed by atoms with E-state index in [1.807, 2.05) is 6.92 Å². The molecule has 2 atom stereocenters. The van der Waals surface area contributed by atoms with Gasteiger partial charge in [0.05, 0.1) is 18.8 Å². The summed E-state index contributed by atoms with van der Waals surface area (Å²) in [6.07, 6.45) is 1.51. The number of ether oxygens (including phenoxy) is 2. The molecule has 0 aromatic rings. The zero-order chi connectivity index (χ0) is 11.0. The minimum absolute atomic E-state index is 0.180. The minimum atomic E-state index is 0.180. The molecule has 0 bridgehead atoms. The van der Waals surface area contributed by atoms with Gasteiger partial charge in [-0.15, -0.1) is 0 Å². The van der Waals surface area contributed by atoms with Crippen LogP contribution in [0.3, 0.4) is 0 Å². The summed E-state index contributed by atoms with van der Waals surface area (Å²) in [5.74, 6) is 0. The summed E-state index contributed by atoms with van der Waals surface area (Å²) in [5.41, 5.74) is 0. The second-order valence-electron chi connectivity index (χ2n) is 4.00. The van der Waals surface area contributed by atoms with Crippen LogP contribution >= 0.6 is 0 Å². The summed E-state index contributed by atoms with van der Waals surface area (Å²) < 4.78 is 10.8. The normalized spacial score (nSPS) is 15.9. The zero-order valence-corrected chi connectivity index (χ0v) is 10.2. The van der Waals surface area contributed by atoms with Crippen molar-refractivity contribution in [1.82, 2.24) is 5.32 Å². The first-order chi connectivity index (χ1) is 6.60. The molecule has 3 heteroatoms. The molecule has 0 aromatic heterocycles. The highest BCUT2D eigenvalue weighted by molar-refractivity contribution is 4.64. The lowest BCUT2D eigenvalue weighted by molar-refractivity contribution is -0.0394. The van der Waals surface area contributed by atoms with E-state index in [0.717, 1.165) is 13.0 Å². The predicted molar refractivity (Wildman–Crippen MR) is 59.6 cm³/mol. The summed E-state index contributed by atoms with van der Waals surface area (Å²) in [4.78, 5) is 0. The Hall–Kier alpha value is -0.120. The molecule has 1 N–H and O–H groups in total. The Kier molecular flexibility index (Phi) is 8.14. The van der Waals surface area contributed by atoms with Crippen molar-refractivity contribution < 1.29 is 9.47 Å². The molecule has 0 saturated heterocycles. The molecule has 0 aliphatic rings. The molecular formula is C11H25NO2. The van der Waals surface area contributed by atoms with Gasteiger partial charge in [0.2, 0.25) is 0 Å². The van der Waals surface area contributed by atoms with Gasteiger partial charge in [-0.2, -0.15) is 0 Å². The molecule has 0 spiro atoms. The fourth-order valence-corrected chi connectivity index (χ4v) is 1.26. The number of methoxy groups -OCH3 is 1. The molecule has 0 rings (SSSR count). The smallest absolute Gasteiger partial charge is 0.0784 e. The maximum Gasteiger partial charge on any atom is 0.0784 e. The van der Waals surface area contributed by atoms with E-state index in [-0.39, 0.29) is 6.10 Å². The molecule has 0 fully saturated rings. The van der Waals surface area contributed by atoms with Crippen molar-refractivity contribution in [3.63, 3.8) is 0 Å². The SMILES string of the molecule is CCC(CNC(C)C)OC(C)COC. The van der Waals surface area contributed by atoms with Gasteiger partial charge >= 0.3 is 0 Å². The second kappa shape index (κ2) is 8.21. The molecule has 2 unspecified atom stereocenters. The molecule has 0 aromatic carbocycles. The summed E-state index contributed by atoms with van der Waals surface area (Å²) in [6, 6.07) is 0.519. The Bertz CT molecular complexity index is 128. The Balaban J connectivity index is 3.66. The second-order valence-corrected chi connectivity index (χ2v) is 4.00. The van der Waals surface area contributed by atoms with Crippen molar-refractivity contribution in [3.05, 3.63) is 0 Å². The first kappa shape index (κ1) is 13.9. The van der Waals surface area contributed by atoms with Gasteiger partial charge in [-0.1, -0.05) is 20.8 Å². The average molecular weight is 203 g/mol. The number of nitrogens with one attached hydrogen (secondary N) is 1. The molecule has 0 aliphatic heterocycles. The Morgan fingerprint density at radius 1 is 1.21 bits per heavy atom. The predicted octanol–water partition coefficient (Wildman–Crippen LogP) is 1.81. The van der Waals surface area contributed by atoms with Crippen LogP contribution in [-0.4, -0.2) is 38.5 Å². The van der Waals surface area contributed by atoms with Gasteiger partial charge in [0, 0.05) is 19.7 Å². The molecule has 3 nitrogen and oxygen atoms in total.